The van der Waals surface area contributed by atoms with Crippen LogP contribution < -0.4 is 10.2 Å². The first-order chi connectivity index (χ1) is 15.3. The number of fused-ring (bicyclic) bond motifs is 1. The highest BCUT2D eigenvalue weighted by atomic mass is 35.5. The summed E-state index contributed by atoms with van der Waals surface area (Å²) in [5.41, 5.74) is 1.03. The third-order valence-corrected chi connectivity index (χ3v) is 6.40. The van der Waals surface area contributed by atoms with E-state index in [1.54, 1.807) is 18.2 Å². The van der Waals surface area contributed by atoms with Crippen LogP contribution >= 0.6 is 23.4 Å². The van der Waals surface area contributed by atoms with Crippen molar-refractivity contribution >= 4 is 40.9 Å². The van der Waals surface area contributed by atoms with E-state index in [1.807, 2.05) is 0 Å². The second-order valence-corrected chi connectivity index (χ2v) is 8.49. The first-order valence-corrected chi connectivity index (χ1v) is 10.9. The average molecular weight is 477 g/mol. The number of halogens is 4. The third kappa shape index (κ3) is 4.61. The van der Waals surface area contributed by atoms with Crippen molar-refractivity contribution in [3.05, 3.63) is 93.8 Å². The van der Waals surface area contributed by atoms with Gasteiger partial charge in [-0.05, 0) is 36.4 Å². The van der Waals surface area contributed by atoms with Gasteiger partial charge in [-0.2, -0.15) is 0 Å². The Labute approximate surface area is 191 Å². The van der Waals surface area contributed by atoms with Crippen LogP contribution in [0.5, 0.6) is 0 Å². The predicted octanol–water partition coefficient (Wildman–Crippen LogP) is 5.33. The number of nitrogens with one attached hydrogen (secondary N) is 1. The van der Waals surface area contributed by atoms with E-state index in [2.05, 4.69) is 5.32 Å². The number of rotatable bonds is 5. The lowest BCUT2D eigenvalue weighted by molar-refractivity contribution is -0.116. The SMILES string of the molecule is O=C(NCc1ccc(F)cc1F)c1ccc2c(c1)N(Cc1c(F)cccc1Cl)C(=O)CS2. The van der Waals surface area contributed by atoms with Crippen LogP contribution in [0.4, 0.5) is 18.9 Å². The summed E-state index contributed by atoms with van der Waals surface area (Å²) < 4.78 is 41.2. The fourth-order valence-corrected chi connectivity index (χ4v) is 4.44. The lowest BCUT2D eigenvalue weighted by Crippen LogP contribution is -2.35. The van der Waals surface area contributed by atoms with Crippen molar-refractivity contribution in [1.29, 1.82) is 0 Å². The van der Waals surface area contributed by atoms with Crippen LogP contribution in [0.1, 0.15) is 21.5 Å². The summed E-state index contributed by atoms with van der Waals surface area (Å²) in [5.74, 6) is -2.55. The molecule has 0 aliphatic carbocycles. The number of hydrogen-bond donors (Lipinski definition) is 1. The van der Waals surface area contributed by atoms with Gasteiger partial charge >= 0.3 is 0 Å². The molecule has 2 amide bonds. The van der Waals surface area contributed by atoms with Gasteiger partial charge in [0.05, 0.1) is 18.0 Å². The maximum absolute atomic E-state index is 14.3. The molecule has 0 saturated heterocycles. The molecule has 1 aliphatic heterocycles. The maximum atomic E-state index is 14.3. The zero-order chi connectivity index (χ0) is 22.8. The summed E-state index contributed by atoms with van der Waals surface area (Å²) in [5, 5.41) is 2.79. The Bertz CT molecular complexity index is 1200. The van der Waals surface area contributed by atoms with Gasteiger partial charge in [0.2, 0.25) is 5.91 Å². The Morgan fingerprint density at radius 1 is 1.06 bits per heavy atom. The van der Waals surface area contributed by atoms with Crippen LogP contribution in [0.25, 0.3) is 0 Å². The number of carbonyl (C=O) groups is 2. The fourth-order valence-electron chi connectivity index (χ4n) is 3.30. The summed E-state index contributed by atoms with van der Waals surface area (Å²) in [6.07, 6.45) is 0. The number of amides is 2. The van der Waals surface area contributed by atoms with Crippen molar-refractivity contribution in [2.75, 3.05) is 10.7 Å². The van der Waals surface area contributed by atoms with Gasteiger partial charge in [0, 0.05) is 39.2 Å². The number of nitrogens with zero attached hydrogens (tertiary/aromatic N) is 1. The molecule has 0 spiro atoms. The summed E-state index contributed by atoms with van der Waals surface area (Å²) in [6, 6.07) is 12.2. The van der Waals surface area contributed by atoms with Crippen molar-refractivity contribution in [2.45, 2.75) is 18.0 Å². The smallest absolute Gasteiger partial charge is 0.251 e. The maximum Gasteiger partial charge on any atom is 0.251 e. The third-order valence-electron chi connectivity index (χ3n) is 5.00. The molecular formula is C23H16ClF3N2O2S. The van der Waals surface area contributed by atoms with Crippen LogP contribution in [0.3, 0.4) is 0 Å². The first-order valence-electron chi connectivity index (χ1n) is 9.55. The van der Waals surface area contributed by atoms with Crippen LogP contribution in [0.2, 0.25) is 5.02 Å². The van der Waals surface area contributed by atoms with Crippen molar-refractivity contribution in [3.8, 4) is 0 Å². The molecule has 1 N–H and O–H groups in total. The molecule has 1 aliphatic rings. The van der Waals surface area contributed by atoms with Crippen molar-refractivity contribution in [3.63, 3.8) is 0 Å². The molecule has 0 fully saturated rings. The average Bonchev–Trinajstić information content (AvgIpc) is 2.76. The lowest BCUT2D eigenvalue weighted by atomic mass is 10.1. The molecular weight excluding hydrogens is 461 g/mol. The Morgan fingerprint density at radius 3 is 2.62 bits per heavy atom. The molecule has 164 valence electrons. The highest BCUT2D eigenvalue weighted by Gasteiger charge is 2.27. The minimum absolute atomic E-state index is 0.0796. The van der Waals surface area contributed by atoms with Crippen molar-refractivity contribution in [2.24, 2.45) is 0 Å². The molecule has 4 nitrogen and oxygen atoms in total. The van der Waals surface area contributed by atoms with Gasteiger partial charge in [0.15, 0.2) is 0 Å². The highest BCUT2D eigenvalue weighted by molar-refractivity contribution is 8.00. The van der Waals surface area contributed by atoms with E-state index >= 15 is 0 Å². The lowest BCUT2D eigenvalue weighted by Gasteiger charge is -2.30. The Hall–Kier alpha value is -2.97. The second kappa shape index (κ2) is 9.26. The number of carbonyl (C=O) groups excluding carboxylic acids is 2. The van der Waals surface area contributed by atoms with E-state index in [-0.39, 0.29) is 46.5 Å². The predicted molar refractivity (Wildman–Crippen MR) is 117 cm³/mol. The largest absolute Gasteiger partial charge is 0.348 e. The van der Waals surface area contributed by atoms with E-state index < -0.39 is 23.4 Å². The molecule has 0 bridgehead atoms. The molecule has 1 heterocycles. The normalized spacial score (nSPS) is 13.1. The molecule has 0 aromatic heterocycles. The van der Waals surface area contributed by atoms with E-state index in [0.717, 1.165) is 17.0 Å². The van der Waals surface area contributed by atoms with E-state index in [0.29, 0.717) is 5.69 Å². The van der Waals surface area contributed by atoms with Crippen molar-refractivity contribution < 1.29 is 22.8 Å². The molecule has 3 aromatic rings. The zero-order valence-corrected chi connectivity index (χ0v) is 18.1. The summed E-state index contributed by atoms with van der Waals surface area (Å²) >= 11 is 7.44. The molecule has 0 unspecified atom stereocenters. The summed E-state index contributed by atoms with van der Waals surface area (Å²) in [4.78, 5) is 27.4. The fraction of sp³-hybridized carbons (Fsp3) is 0.130. The molecule has 0 radical (unpaired) electrons. The van der Waals surface area contributed by atoms with Crippen LogP contribution in [0, 0.1) is 17.5 Å². The Balaban J connectivity index is 1.58. The highest BCUT2D eigenvalue weighted by Crippen LogP contribution is 2.37. The van der Waals surface area contributed by atoms with Crippen molar-refractivity contribution in [1.82, 2.24) is 5.32 Å². The molecule has 4 rings (SSSR count). The van der Waals surface area contributed by atoms with E-state index in [4.69, 9.17) is 11.6 Å². The van der Waals surface area contributed by atoms with Crippen LogP contribution in [0.15, 0.2) is 59.5 Å². The van der Waals surface area contributed by atoms with Crippen LogP contribution in [-0.2, 0) is 17.9 Å². The summed E-state index contributed by atoms with van der Waals surface area (Å²) in [6.45, 7) is -0.214. The zero-order valence-electron chi connectivity index (χ0n) is 16.5. The van der Waals surface area contributed by atoms with Gasteiger partial charge in [0.1, 0.15) is 17.5 Å². The number of hydrogen-bond acceptors (Lipinski definition) is 3. The number of benzene rings is 3. The summed E-state index contributed by atoms with van der Waals surface area (Å²) in [7, 11) is 0. The van der Waals surface area contributed by atoms with Crippen LogP contribution in [-0.4, -0.2) is 17.6 Å². The topological polar surface area (TPSA) is 49.4 Å². The van der Waals surface area contributed by atoms with E-state index in [9.17, 15) is 22.8 Å². The number of thioether (sulfide) groups is 1. The first kappa shape index (κ1) is 22.2. The van der Waals surface area contributed by atoms with E-state index in [1.165, 1.54) is 40.9 Å². The van der Waals surface area contributed by atoms with Gasteiger partial charge < -0.3 is 10.2 Å². The monoisotopic (exact) mass is 476 g/mol. The Kier molecular flexibility index (Phi) is 6.43. The van der Waals surface area contributed by atoms with Gasteiger partial charge in [-0.3, -0.25) is 9.59 Å². The van der Waals surface area contributed by atoms with Gasteiger partial charge in [-0.15, -0.1) is 11.8 Å². The van der Waals surface area contributed by atoms with Gasteiger partial charge in [0.25, 0.3) is 5.91 Å². The standard InChI is InChI=1S/C23H16ClF3N2O2S/c24-17-2-1-3-18(26)16(17)11-29-20-8-13(5-7-21(20)32-12-22(29)30)23(31)28-10-14-4-6-15(25)9-19(14)27/h1-9H,10-12H2,(H,28,31). The molecule has 32 heavy (non-hydrogen) atoms. The second-order valence-electron chi connectivity index (χ2n) is 7.07. The quantitative estimate of drug-likeness (QED) is 0.542. The minimum Gasteiger partial charge on any atom is -0.348 e. The Morgan fingerprint density at radius 2 is 1.88 bits per heavy atom. The van der Waals surface area contributed by atoms with Gasteiger partial charge in [-0.25, -0.2) is 13.2 Å². The molecule has 3 aromatic carbocycles. The molecule has 0 atom stereocenters. The molecule has 9 heteroatoms. The molecule has 0 saturated carbocycles. The van der Waals surface area contributed by atoms with Gasteiger partial charge in [-0.1, -0.05) is 23.7 Å². The minimum atomic E-state index is -0.759. The number of anilines is 1.